The molecule has 0 spiro atoms. The van der Waals surface area contributed by atoms with Gasteiger partial charge in [-0.05, 0) is 12.8 Å². The Hall–Kier alpha value is -1.12. The molecule has 3 nitrogen and oxygen atoms in total. The minimum atomic E-state index is -2.44. The van der Waals surface area contributed by atoms with Gasteiger partial charge in [0.05, 0.1) is 16.8 Å². The smallest absolute Gasteiger partial charge is 0.216 e. The van der Waals surface area contributed by atoms with E-state index in [0.717, 1.165) is 18.5 Å². The fraction of sp³-hybridized carbons (Fsp3) is 0.500. The summed E-state index contributed by atoms with van der Waals surface area (Å²) in [6, 6.07) is 1.60. The molecule has 2 rings (SSSR count). The van der Waals surface area contributed by atoms with Crippen LogP contribution in [0.4, 0.5) is 0 Å². The fourth-order valence-electron chi connectivity index (χ4n) is 1.01. The van der Waals surface area contributed by atoms with Crippen LogP contribution in [-0.2, 0) is 0 Å². The Labute approximate surface area is 69.7 Å². The monoisotopic (exact) mass is 153 g/mol. The van der Waals surface area contributed by atoms with Crippen molar-refractivity contribution in [2.24, 2.45) is 0 Å². The van der Waals surface area contributed by atoms with E-state index in [1.54, 1.807) is 6.07 Å². The predicted octanol–water partition coefficient (Wildman–Crippen LogP) is 1.36. The third-order valence-corrected chi connectivity index (χ3v) is 1.76. The van der Waals surface area contributed by atoms with Gasteiger partial charge in [-0.1, -0.05) is 0 Å². The summed E-state index contributed by atoms with van der Waals surface area (Å²) in [7, 11) is -2.44. The van der Waals surface area contributed by atoms with Crippen molar-refractivity contribution in [2.75, 3.05) is 7.04 Å². The molecule has 3 heteroatoms. The van der Waals surface area contributed by atoms with Crippen molar-refractivity contribution in [3.8, 4) is 5.88 Å². The van der Waals surface area contributed by atoms with Gasteiger partial charge in [-0.25, -0.2) is 9.97 Å². The second-order valence-electron chi connectivity index (χ2n) is 2.66. The molecule has 0 amide bonds. The molecule has 1 aromatic heterocycles. The highest BCUT2D eigenvalue weighted by Crippen LogP contribution is 2.39. The van der Waals surface area contributed by atoms with Crippen LogP contribution in [0.1, 0.15) is 28.6 Å². The van der Waals surface area contributed by atoms with Gasteiger partial charge in [0.25, 0.3) is 0 Å². The van der Waals surface area contributed by atoms with Gasteiger partial charge < -0.3 is 4.74 Å². The van der Waals surface area contributed by atoms with Crippen LogP contribution in [0, 0.1) is 0 Å². The lowest BCUT2D eigenvalue weighted by atomic mass is 10.3. The van der Waals surface area contributed by atoms with Crippen LogP contribution in [0.2, 0.25) is 0 Å². The maximum atomic E-state index is 6.91. The number of hydrogen-bond donors (Lipinski definition) is 0. The largest absolute Gasteiger partial charge is 0.481 e. The number of nitrogens with zero attached hydrogens (tertiary/aromatic N) is 2. The average Bonchev–Trinajstić information content (AvgIpc) is 2.83. The van der Waals surface area contributed by atoms with Gasteiger partial charge in [-0.2, -0.15) is 0 Å². The highest BCUT2D eigenvalue weighted by Gasteiger charge is 2.25. The Morgan fingerprint density at radius 1 is 1.64 bits per heavy atom. The molecule has 0 radical (unpaired) electrons. The van der Waals surface area contributed by atoms with Gasteiger partial charge in [0.1, 0.15) is 6.33 Å². The molecule has 0 aliphatic heterocycles. The Morgan fingerprint density at radius 2 is 2.55 bits per heavy atom. The molecule has 0 bridgehead atoms. The van der Waals surface area contributed by atoms with Crippen molar-refractivity contribution in [3.05, 3.63) is 18.1 Å². The van der Waals surface area contributed by atoms with Gasteiger partial charge >= 0.3 is 0 Å². The van der Waals surface area contributed by atoms with Gasteiger partial charge in [0.15, 0.2) is 0 Å². The summed E-state index contributed by atoms with van der Waals surface area (Å²) >= 11 is 0. The van der Waals surface area contributed by atoms with E-state index in [1.807, 2.05) is 0 Å². The zero-order valence-corrected chi connectivity index (χ0v) is 5.95. The third-order valence-electron chi connectivity index (χ3n) is 1.76. The molecular weight excluding hydrogens is 140 g/mol. The summed E-state index contributed by atoms with van der Waals surface area (Å²) in [5.41, 5.74) is 0.874. The van der Waals surface area contributed by atoms with Crippen molar-refractivity contribution in [1.29, 1.82) is 0 Å². The van der Waals surface area contributed by atoms with Crippen LogP contribution < -0.4 is 4.74 Å². The molecule has 1 saturated carbocycles. The number of aromatic nitrogens is 2. The Morgan fingerprint density at radius 3 is 3.27 bits per heavy atom. The number of hydrogen-bond acceptors (Lipinski definition) is 3. The SMILES string of the molecule is [2H]C([2H])([2H])Oc1cc(C2CC2)ncn1. The zero-order chi connectivity index (χ0) is 10.2. The first kappa shape index (κ1) is 4.04. The van der Waals surface area contributed by atoms with E-state index in [0.29, 0.717) is 5.92 Å². The van der Waals surface area contributed by atoms with Crippen molar-refractivity contribution in [1.82, 2.24) is 9.97 Å². The summed E-state index contributed by atoms with van der Waals surface area (Å²) in [4.78, 5) is 7.80. The maximum absolute atomic E-state index is 6.91. The van der Waals surface area contributed by atoms with Crippen LogP contribution in [0.3, 0.4) is 0 Å². The van der Waals surface area contributed by atoms with Gasteiger partial charge in [-0.15, -0.1) is 0 Å². The predicted molar refractivity (Wildman–Crippen MR) is 40.6 cm³/mol. The Kier molecular flexibility index (Phi) is 0.916. The fourth-order valence-corrected chi connectivity index (χ4v) is 1.01. The third kappa shape index (κ3) is 1.31. The number of ether oxygens (including phenoxy) is 1. The molecule has 1 heterocycles. The van der Waals surface area contributed by atoms with Gasteiger partial charge in [-0.3, -0.25) is 0 Å². The molecule has 0 N–H and O–H groups in total. The Bertz CT molecular complexity index is 336. The number of rotatable bonds is 2. The van der Waals surface area contributed by atoms with Crippen molar-refractivity contribution < 1.29 is 8.85 Å². The molecule has 1 fully saturated rings. The second-order valence-corrected chi connectivity index (χ2v) is 2.66. The van der Waals surface area contributed by atoms with E-state index in [4.69, 9.17) is 4.11 Å². The summed E-state index contributed by atoms with van der Waals surface area (Å²) in [6.45, 7) is 0. The quantitative estimate of drug-likeness (QED) is 0.643. The topological polar surface area (TPSA) is 35.0 Å². The van der Waals surface area contributed by atoms with Crippen LogP contribution in [-0.4, -0.2) is 17.0 Å². The molecule has 58 valence electrons. The van der Waals surface area contributed by atoms with E-state index in [9.17, 15) is 0 Å². The summed E-state index contributed by atoms with van der Waals surface area (Å²) in [5.74, 6) is 0.596. The van der Waals surface area contributed by atoms with Crippen molar-refractivity contribution in [2.45, 2.75) is 18.8 Å². The van der Waals surface area contributed by atoms with Crippen molar-refractivity contribution in [3.63, 3.8) is 0 Å². The van der Waals surface area contributed by atoms with E-state index >= 15 is 0 Å². The van der Waals surface area contributed by atoms with Gasteiger partial charge in [0.2, 0.25) is 5.88 Å². The number of methoxy groups -OCH3 is 1. The molecule has 1 aliphatic carbocycles. The normalized spacial score (nSPS) is 21.6. The molecule has 0 unspecified atom stereocenters. The lowest BCUT2D eigenvalue weighted by Gasteiger charge is -1.99. The summed E-state index contributed by atoms with van der Waals surface area (Å²) in [6.07, 6.45) is 3.57. The van der Waals surface area contributed by atoms with Crippen LogP contribution in [0.15, 0.2) is 12.4 Å². The van der Waals surface area contributed by atoms with E-state index in [1.165, 1.54) is 6.33 Å². The zero-order valence-electron chi connectivity index (χ0n) is 8.95. The highest BCUT2D eigenvalue weighted by atomic mass is 16.5. The van der Waals surface area contributed by atoms with Crippen LogP contribution in [0.5, 0.6) is 5.88 Å². The minimum Gasteiger partial charge on any atom is -0.481 e. The minimum absolute atomic E-state index is 0.127. The standard InChI is InChI=1S/C8H10N2O/c1-11-8-4-7(6-2-3-6)9-5-10-8/h4-6H,2-3H2,1H3/i1D3. The highest BCUT2D eigenvalue weighted by molar-refractivity contribution is 5.20. The molecule has 0 atom stereocenters. The summed E-state index contributed by atoms with van der Waals surface area (Å²) in [5, 5.41) is 0. The summed E-state index contributed by atoms with van der Waals surface area (Å²) < 4.78 is 25.4. The van der Waals surface area contributed by atoms with Crippen LogP contribution in [0.25, 0.3) is 0 Å². The molecular formula is C8H10N2O. The first-order chi connectivity index (χ1) is 6.54. The van der Waals surface area contributed by atoms with Crippen LogP contribution >= 0.6 is 0 Å². The van der Waals surface area contributed by atoms with E-state index in [2.05, 4.69) is 14.7 Å². The lowest BCUT2D eigenvalue weighted by Crippen LogP contribution is -1.91. The molecule has 1 aliphatic rings. The molecule has 1 aromatic rings. The second kappa shape index (κ2) is 2.49. The molecule has 0 aromatic carbocycles. The van der Waals surface area contributed by atoms with E-state index < -0.39 is 7.04 Å². The first-order valence-electron chi connectivity index (χ1n) is 5.05. The molecule has 11 heavy (non-hydrogen) atoms. The van der Waals surface area contributed by atoms with Crippen molar-refractivity contribution >= 4 is 0 Å². The molecule has 0 saturated heterocycles. The lowest BCUT2D eigenvalue weighted by molar-refractivity contribution is 0.396. The first-order valence-corrected chi connectivity index (χ1v) is 3.55. The van der Waals surface area contributed by atoms with E-state index in [-0.39, 0.29) is 5.88 Å². The average molecular weight is 153 g/mol. The maximum Gasteiger partial charge on any atom is 0.216 e. The Balaban J connectivity index is 2.13. The van der Waals surface area contributed by atoms with Gasteiger partial charge in [0, 0.05) is 12.0 Å².